The minimum atomic E-state index is 1.03. The van der Waals surface area contributed by atoms with E-state index in [2.05, 4.69) is 331 Å². The van der Waals surface area contributed by atoms with Gasteiger partial charge in [0.05, 0.1) is 0 Å². The van der Waals surface area contributed by atoms with Crippen molar-refractivity contribution in [1.82, 2.24) is 0 Å². The van der Waals surface area contributed by atoms with E-state index in [1.165, 1.54) is 155 Å². The molecule has 0 heterocycles. The van der Waals surface area contributed by atoms with Gasteiger partial charge in [-0.2, -0.15) is 0 Å². The Morgan fingerprint density at radius 3 is 0.811 bits per heavy atom. The summed E-state index contributed by atoms with van der Waals surface area (Å²) in [5, 5.41) is 0. The van der Waals surface area contributed by atoms with Crippen LogP contribution in [0.1, 0.15) is 131 Å². The molecule has 95 heavy (non-hydrogen) atoms. The van der Waals surface area contributed by atoms with E-state index in [1.54, 1.807) is 0 Å². The molecular weight excluding hydrogens is 1150 g/mol. The summed E-state index contributed by atoms with van der Waals surface area (Å²) in [5.41, 5.74) is 33.9. The fraction of sp³-hybridized carbons (Fsp3) is 0.226. The van der Waals surface area contributed by atoms with Gasteiger partial charge in [0.2, 0.25) is 0 Å². The maximum Gasteiger partial charge on any atom is 0.0464 e. The Kier molecular flexibility index (Phi) is 21.6. The third-order valence-electron chi connectivity index (χ3n) is 19.3. The lowest BCUT2D eigenvalue weighted by Gasteiger charge is -2.28. The number of nitrogens with zero attached hydrogens (tertiary/aromatic N) is 2. The van der Waals surface area contributed by atoms with E-state index in [0.29, 0.717) is 0 Å². The van der Waals surface area contributed by atoms with Gasteiger partial charge >= 0.3 is 0 Å². The van der Waals surface area contributed by atoms with Crippen LogP contribution in [0.3, 0.4) is 0 Å². The van der Waals surface area contributed by atoms with Gasteiger partial charge in [-0.05, 0) is 243 Å². The summed E-state index contributed by atoms with van der Waals surface area (Å²) in [7, 11) is 0. The van der Waals surface area contributed by atoms with Gasteiger partial charge in [-0.3, -0.25) is 0 Å². The van der Waals surface area contributed by atoms with Crippen molar-refractivity contribution in [2.75, 3.05) is 9.80 Å². The number of hydrogen-bond donors (Lipinski definition) is 0. The molecule has 0 aromatic heterocycles. The van der Waals surface area contributed by atoms with Crippen LogP contribution in [0.4, 0.5) is 34.1 Å². The predicted octanol–water partition coefficient (Wildman–Crippen LogP) is 27.4. The van der Waals surface area contributed by atoms with Crippen LogP contribution in [0.2, 0.25) is 0 Å². The molecule has 0 atom stereocenters. The van der Waals surface area contributed by atoms with Gasteiger partial charge in [0.25, 0.3) is 0 Å². The summed E-state index contributed by atoms with van der Waals surface area (Å²) in [6.07, 6.45) is 16.2. The average Bonchev–Trinajstić information content (AvgIpc) is 0.836. The van der Waals surface area contributed by atoms with Crippen LogP contribution in [-0.4, -0.2) is 0 Å². The minimum absolute atomic E-state index is 1.03. The highest BCUT2D eigenvalue weighted by molar-refractivity contribution is 5.87. The highest BCUT2D eigenvalue weighted by Crippen LogP contribution is 2.44. The second-order valence-corrected chi connectivity index (χ2v) is 26.3. The first-order chi connectivity index (χ1) is 46.6. The SMILES string of the molecule is CCCCCCc1cc(-c2ccc(N(c3ccc(-c4ccccc4)cc3)c3ccc(-c4ccc(-c5ccc(C)cc5)cc4)cc3)cc2C)c(CCCCCC)cc1-c1ccc(N(c2ccc(-c3ccc(CCC)cc3)cc2)c2ccc(-c3ccc(CCC)cc3)cc2)cc1C. The Morgan fingerprint density at radius 2 is 0.505 bits per heavy atom. The normalized spacial score (nSPS) is 11.3. The summed E-state index contributed by atoms with van der Waals surface area (Å²) in [6.45, 7) is 15.9. The molecule has 0 aliphatic rings. The van der Waals surface area contributed by atoms with Crippen LogP contribution in [0.25, 0.3) is 77.9 Å². The van der Waals surface area contributed by atoms with Gasteiger partial charge in [-0.1, -0.05) is 285 Å². The van der Waals surface area contributed by atoms with Crippen molar-refractivity contribution in [3.8, 4) is 77.9 Å². The third kappa shape index (κ3) is 15.7. The number of rotatable bonds is 27. The molecule has 0 radical (unpaired) electrons. The topological polar surface area (TPSA) is 6.48 Å². The molecule has 0 N–H and O–H groups in total. The smallest absolute Gasteiger partial charge is 0.0464 e. The molecule has 0 fully saturated rings. The molecule has 0 aliphatic heterocycles. The fourth-order valence-electron chi connectivity index (χ4n) is 13.9. The molecule has 0 aliphatic carbocycles. The lowest BCUT2D eigenvalue weighted by atomic mass is 9.84. The Morgan fingerprint density at radius 1 is 0.221 bits per heavy atom. The van der Waals surface area contributed by atoms with Crippen LogP contribution in [0.5, 0.6) is 0 Å². The largest absolute Gasteiger partial charge is 0.310 e. The monoisotopic (exact) mass is 1240 g/mol. The van der Waals surface area contributed by atoms with E-state index in [9.17, 15) is 0 Å². The van der Waals surface area contributed by atoms with Gasteiger partial charge in [0.1, 0.15) is 0 Å². The molecule has 12 aromatic carbocycles. The third-order valence-corrected chi connectivity index (χ3v) is 19.3. The van der Waals surface area contributed by atoms with E-state index in [4.69, 9.17) is 0 Å². The van der Waals surface area contributed by atoms with Crippen molar-refractivity contribution in [2.24, 2.45) is 0 Å². The van der Waals surface area contributed by atoms with Crippen molar-refractivity contribution < 1.29 is 0 Å². The molecule has 2 heteroatoms. The summed E-state index contributed by atoms with van der Waals surface area (Å²) in [5.74, 6) is 0. The van der Waals surface area contributed by atoms with E-state index >= 15 is 0 Å². The van der Waals surface area contributed by atoms with Crippen LogP contribution in [0, 0.1) is 20.8 Å². The number of aryl methyl sites for hydroxylation is 7. The molecule has 0 saturated heterocycles. The van der Waals surface area contributed by atoms with Crippen LogP contribution in [-0.2, 0) is 25.7 Å². The van der Waals surface area contributed by atoms with Crippen molar-refractivity contribution in [3.05, 3.63) is 312 Å². The lowest BCUT2D eigenvalue weighted by Crippen LogP contribution is -2.10. The lowest BCUT2D eigenvalue weighted by molar-refractivity contribution is 0.664. The van der Waals surface area contributed by atoms with E-state index in [0.717, 1.165) is 85.5 Å². The molecule has 0 amide bonds. The van der Waals surface area contributed by atoms with E-state index in [1.807, 2.05) is 0 Å². The first-order valence-corrected chi connectivity index (χ1v) is 35.4. The van der Waals surface area contributed by atoms with Crippen molar-refractivity contribution in [2.45, 2.75) is 138 Å². The standard InChI is InChI=1S/C93H94N2/c1-8-12-14-17-25-82-66-93(91-62-60-89(64-69(91)7)95(85-53-45-79(46-54-85)74-35-29-70(21-10-3)30-36-74)86-55-47-80(48-56-86)75-37-31-71(22-11-4)32-38-75)83(26-18-15-13-9-2)65-92(82)90-61-59-88(63-68(90)6)94(84-51-43-78(44-52-84)72-23-19-16-20-24-72)87-57-49-81(50-58-87)77-41-39-76(40-42-77)73-33-27-67(5)28-34-73/h16,19-20,23-24,27-66H,8-15,17-18,21-22,25-26H2,1-7H3. The molecule has 12 rings (SSSR count). The Labute approximate surface area is 568 Å². The Balaban J connectivity index is 0.910. The fourth-order valence-corrected chi connectivity index (χ4v) is 13.9. The van der Waals surface area contributed by atoms with Crippen LogP contribution >= 0.6 is 0 Å². The number of anilines is 6. The minimum Gasteiger partial charge on any atom is -0.310 e. The molecule has 12 aromatic rings. The van der Waals surface area contributed by atoms with Crippen molar-refractivity contribution >= 4 is 34.1 Å². The van der Waals surface area contributed by atoms with Crippen molar-refractivity contribution in [1.29, 1.82) is 0 Å². The first kappa shape index (κ1) is 65.3. The average molecular weight is 1240 g/mol. The summed E-state index contributed by atoms with van der Waals surface area (Å²) in [6, 6.07) is 103. The zero-order valence-electron chi connectivity index (χ0n) is 57.3. The summed E-state index contributed by atoms with van der Waals surface area (Å²) >= 11 is 0. The molecule has 2 nitrogen and oxygen atoms in total. The number of unbranched alkanes of at least 4 members (excludes halogenated alkanes) is 6. The van der Waals surface area contributed by atoms with E-state index < -0.39 is 0 Å². The predicted molar refractivity (Wildman–Crippen MR) is 412 cm³/mol. The molecule has 476 valence electrons. The second kappa shape index (κ2) is 31.4. The number of benzene rings is 12. The Hall–Kier alpha value is -9.76. The molecule has 0 saturated carbocycles. The van der Waals surface area contributed by atoms with Gasteiger partial charge in [0.15, 0.2) is 0 Å². The van der Waals surface area contributed by atoms with Gasteiger partial charge < -0.3 is 9.80 Å². The zero-order valence-corrected chi connectivity index (χ0v) is 57.3. The second-order valence-electron chi connectivity index (χ2n) is 26.3. The molecule has 0 bridgehead atoms. The summed E-state index contributed by atoms with van der Waals surface area (Å²) in [4.78, 5) is 4.88. The van der Waals surface area contributed by atoms with Gasteiger partial charge in [-0.25, -0.2) is 0 Å². The zero-order chi connectivity index (χ0) is 65.5. The summed E-state index contributed by atoms with van der Waals surface area (Å²) < 4.78 is 0. The van der Waals surface area contributed by atoms with Gasteiger partial charge in [-0.15, -0.1) is 0 Å². The quantitative estimate of drug-likeness (QED) is 0.0474. The molecule has 0 unspecified atom stereocenters. The van der Waals surface area contributed by atoms with Gasteiger partial charge in [0, 0.05) is 34.1 Å². The highest BCUT2D eigenvalue weighted by atomic mass is 15.1. The first-order valence-electron chi connectivity index (χ1n) is 35.4. The maximum atomic E-state index is 2.61. The van der Waals surface area contributed by atoms with Crippen LogP contribution < -0.4 is 9.80 Å². The molecular formula is C93H94N2. The number of hydrogen-bond acceptors (Lipinski definition) is 2. The maximum absolute atomic E-state index is 2.61. The highest BCUT2D eigenvalue weighted by Gasteiger charge is 2.22. The van der Waals surface area contributed by atoms with E-state index in [-0.39, 0.29) is 0 Å². The Bertz CT molecular complexity index is 4310. The van der Waals surface area contributed by atoms with Crippen LogP contribution in [0.15, 0.2) is 273 Å². The van der Waals surface area contributed by atoms with Crippen molar-refractivity contribution in [3.63, 3.8) is 0 Å². The molecule has 0 spiro atoms.